The minimum Gasteiger partial charge on any atom is -0.326 e. The first-order valence-electron chi connectivity index (χ1n) is 7.82. The van der Waals surface area contributed by atoms with Gasteiger partial charge in [0.15, 0.2) is 0 Å². The quantitative estimate of drug-likeness (QED) is 0.910. The Morgan fingerprint density at radius 1 is 1.30 bits per heavy atom. The third-order valence-corrected chi connectivity index (χ3v) is 4.89. The van der Waals surface area contributed by atoms with Gasteiger partial charge in [-0.3, -0.25) is 14.8 Å². The van der Waals surface area contributed by atoms with Crippen molar-refractivity contribution in [2.45, 2.75) is 50.9 Å². The summed E-state index contributed by atoms with van der Waals surface area (Å²) in [5.41, 5.74) is 7.62. The summed E-state index contributed by atoms with van der Waals surface area (Å²) in [4.78, 5) is 9.41. The highest BCUT2D eigenvalue weighted by atomic mass is 15.3. The van der Waals surface area contributed by atoms with Gasteiger partial charge in [0, 0.05) is 43.6 Å². The fourth-order valence-electron chi connectivity index (χ4n) is 3.96. The maximum absolute atomic E-state index is 6.32. The summed E-state index contributed by atoms with van der Waals surface area (Å²) in [5.74, 6) is 0. The van der Waals surface area contributed by atoms with Crippen LogP contribution in [0.25, 0.3) is 0 Å². The van der Waals surface area contributed by atoms with Crippen molar-refractivity contribution in [3.8, 4) is 0 Å². The average molecular weight is 274 g/mol. The predicted octanol–water partition coefficient (Wildman–Crippen LogP) is 1.64. The van der Waals surface area contributed by atoms with Crippen molar-refractivity contribution in [1.82, 2.24) is 14.8 Å². The second-order valence-corrected chi connectivity index (χ2v) is 6.42. The van der Waals surface area contributed by atoms with Crippen LogP contribution in [-0.4, -0.2) is 52.5 Å². The molecule has 0 saturated carbocycles. The topological polar surface area (TPSA) is 45.4 Å². The van der Waals surface area contributed by atoms with Crippen LogP contribution < -0.4 is 5.73 Å². The maximum Gasteiger partial charge on any atom is 0.0501 e. The van der Waals surface area contributed by atoms with Gasteiger partial charge in [0.05, 0.1) is 6.04 Å². The minimum atomic E-state index is 0.132. The van der Waals surface area contributed by atoms with E-state index in [0.717, 1.165) is 12.6 Å². The van der Waals surface area contributed by atoms with E-state index in [-0.39, 0.29) is 6.04 Å². The number of hydrogen-bond donors (Lipinski definition) is 1. The Morgan fingerprint density at radius 2 is 2.05 bits per heavy atom. The Labute approximate surface area is 122 Å². The Bertz CT molecular complexity index is 433. The number of fused-ring (bicyclic) bond motifs is 1. The first-order valence-corrected chi connectivity index (χ1v) is 7.82. The molecule has 0 radical (unpaired) electrons. The Hall–Kier alpha value is -0.970. The van der Waals surface area contributed by atoms with Crippen molar-refractivity contribution in [2.24, 2.45) is 5.73 Å². The van der Waals surface area contributed by atoms with Crippen molar-refractivity contribution in [2.75, 3.05) is 19.6 Å². The van der Waals surface area contributed by atoms with Crippen LogP contribution in [0, 0.1) is 0 Å². The van der Waals surface area contributed by atoms with Crippen molar-refractivity contribution in [3.63, 3.8) is 0 Å². The molecule has 4 nitrogen and oxygen atoms in total. The second-order valence-electron chi connectivity index (χ2n) is 6.42. The van der Waals surface area contributed by atoms with E-state index < -0.39 is 0 Å². The van der Waals surface area contributed by atoms with Crippen LogP contribution in [0.3, 0.4) is 0 Å². The van der Waals surface area contributed by atoms with Crippen molar-refractivity contribution < 1.29 is 0 Å². The van der Waals surface area contributed by atoms with Crippen LogP contribution in [0.1, 0.15) is 38.3 Å². The largest absolute Gasteiger partial charge is 0.326 e. The van der Waals surface area contributed by atoms with Crippen molar-refractivity contribution in [1.29, 1.82) is 0 Å². The van der Waals surface area contributed by atoms with Gasteiger partial charge in [-0.05, 0) is 50.9 Å². The lowest BCUT2D eigenvalue weighted by Crippen LogP contribution is -2.57. The van der Waals surface area contributed by atoms with Crippen LogP contribution >= 0.6 is 0 Å². The number of pyridine rings is 1. The molecular weight excluding hydrogens is 248 g/mol. The van der Waals surface area contributed by atoms with E-state index in [1.54, 1.807) is 0 Å². The van der Waals surface area contributed by atoms with Gasteiger partial charge in [-0.25, -0.2) is 0 Å². The molecule has 3 heterocycles. The molecule has 20 heavy (non-hydrogen) atoms. The van der Waals surface area contributed by atoms with E-state index in [2.05, 4.69) is 40.8 Å². The molecule has 2 aliphatic heterocycles. The molecule has 2 N–H and O–H groups in total. The molecule has 2 fully saturated rings. The smallest absolute Gasteiger partial charge is 0.0501 e. The van der Waals surface area contributed by atoms with Gasteiger partial charge < -0.3 is 5.73 Å². The van der Waals surface area contributed by atoms with Crippen LogP contribution in [0.2, 0.25) is 0 Å². The maximum atomic E-state index is 6.32. The Morgan fingerprint density at radius 3 is 2.75 bits per heavy atom. The minimum absolute atomic E-state index is 0.132. The lowest BCUT2D eigenvalue weighted by molar-refractivity contribution is 0.0206. The van der Waals surface area contributed by atoms with Gasteiger partial charge in [-0.15, -0.1) is 0 Å². The summed E-state index contributed by atoms with van der Waals surface area (Å²) in [7, 11) is 0. The molecule has 4 heteroatoms. The van der Waals surface area contributed by atoms with Crippen LogP contribution in [0.4, 0.5) is 0 Å². The fraction of sp³-hybridized carbons (Fsp3) is 0.688. The molecule has 0 amide bonds. The Balaban J connectivity index is 1.84. The fourth-order valence-corrected chi connectivity index (χ4v) is 3.96. The van der Waals surface area contributed by atoms with Crippen molar-refractivity contribution in [3.05, 3.63) is 30.1 Å². The highest BCUT2D eigenvalue weighted by Gasteiger charge is 2.38. The van der Waals surface area contributed by atoms with Crippen LogP contribution in [0.5, 0.6) is 0 Å². The summed E-state index contributed by atoms with van der Waals surface area (Å²) in [6.45, 7) is 8.07. The first kappa shape index (κ1) is 14.0. The van der Waals surface area contributed by atoms with Gasteiger partial charge in [0.1, 0.15) is 0 Å². The summed E-state index contributed by atoms with van der Waals surface area (Å²) in [6.07, 6.45) is 6.44. The summed E-state index contributed by atoms with van der Waals surface area (Å²) >= 11 is 0. The average Bonchev–Trinajstić information content (AvgIpc) is 2.87. The molecule has 4 atom stereocenters. The van der Waals surface area contributed by atoms with E-state index in [4.69, 9.17) is 5.73 Å². The molecule has 0 aromatic carbocycles. The molecule has 0 aliphatic carbocycles. The van der Waals surface area contributed by atoms with Gasteiger partial charge in [0.2, 0.25) is 0 Å². The zero-order valence-electron chi connectivity index (χ0n) is 12.6. The van der Waals surface area contributed by atoms with Crippen molar-refractivity contribution >= 4 is 0 Å². The standard InChI is InChI=1S/C16H26N4/c1-12-10-19-9-3-4-15(19)11-20(12)16(13(2)17)14-5-7-18-8-6-14/h5-8,12-13,15-16H,3-4,9-11,17H2,1-2H3. The highest BCUT2D eigenvalue weighted by Crippen LogP contribution is 2.32. The molecule has 2 aliphatic rings. The number of piperazine rings is 1. The first-order chi connectivity index (χ1) is 9.66. The van der Waals surface area contributed by atoms with Gasteiger partial charge in [0.25, 0.3) is 0 Å². The zero-order valence-corrected chi connectivity index (χ0v) is 12.6. The lowest BCUT2D eigenvalue weighted by atomic mass is 9.96. The lowest BCUT2D eigenvalue weighted by Gasteiger charge is -2.47. The predicted molar refractivity (Wildman–Crippen MR) is 81.4 cm³/mol. The highest BCUT2D eigenvalue weighted by molar-refractivity contribution is 5.18. The number of hydrogen-bond acceptors (Lipinski definition) is 4. The van der Waals surface area contributed by atoms with E-state index in [1.807, 2.05) is 12.4 Å². The van der Waals surface area contributed by atoms with E-state index >= 15 is 0 Å². The molecule has 4 unspecified atom stereocenters. The molecule has 1 aromatic heterocycles. The van der Waals surface area contributed by atoms with Crippen LogP contribution in [0.15, 0.2) is 24.5 Å². The molecule has 3 rings (SSSR count). The van der Waals surface area contributed by atoms with Gasteiger partial charge >= 0.3 is 0 Å². The molecule has 0 bridgehead atoms. The monoisotopic (exact) mass is 274 g/mol. The van der Waals surface area contributed by atoms with E-state index in [0.29, 0.717) is 12.1 Å². The van der Waals surface area contributed by atoms with Gasteiger partial charge in [-0.2, -0.15) is 0 Å². The normalized spacial score (nSPS) is 30.9. The third-order valence-electron chi connectivity index (χ3n) is 4.89. The molecule has 1 aromatic rings. The Kier molecular flexibility index (Phi) is 4.06. The van der Waals surface area contributed by atoms with E-state index in [9.17, 15) is 0 Å². The van der Waals surface area contributed by atoms with Gasteiger partial charge in [-0.1, -0.05) is 0 Å². The number of rotatable bonds is 3. The molecule has 110 valence electrons. The molecule has 2 saturated heterocycles. The molecular formula is C16H26N4. The SMILES string of the molecule is CC(N)C(c1ccncc1)N1CC2CCCN2CC1C. The van der Waals surface area contributed by atoms with E-state index in [1.165, 1.54) is 31.5 Å². The summed E-state index contributed by atoms with van der Waals surface area (Å²) in [6, 6.07) is 5.95. The van der Waals surface area contributed by atoms with Crippen LogP contribution in [-0.2, 0) is 0 Å². The summed E-state index contributed by atoms with van der Waals surface area (Å²) in [5, 5.41) is 0. The third kappa shape index (κ3) is 2.60. The zero-order chi connectivity index (χ0) is 14.1. The molecule has 0 spiro atoms. The number of nitrogens with zero attached hydrogens (tertiary/aromatic N) is 3. The number of aromatic nitrogens is 1. The second kappa shape index (κ2) is 5.80. The number of nitrogens with two attached hydrogens (primary N) is 1. The summed E-state index contributed by atoms with van der Waals surface area (Å²) < 4.78 is 0.